The van der Waals surface area contributed by atoms with Crippen LogP contribution < -0.4 is 5.73 Å². The van der Waals surface area contributed by atoms with Gasteiger partial charge in [-0.25, -0.2) is 4.57 Å². The quantitative estimate of drug-likeness (QED) is 0.0250. The number of esters is 1. The number of phosphoric ester groups is 1. The zero-order chi connectivity index (χ0) is 34.9. The Labute approximate surface area is 286 Å². The second kappa shape index (κ2) is 33.2. The van der Waals surface area contributed by atoms with E-state index in [4.69, 9.17) is 24.8 Å². The molecule has 0 heterocycles. The third kappa shape index (κ3) is 33.0. The van der Waals surface area contributed by atoms with E-state index in [-0.39, 0.29) is 13.0 Å². The fourth-order valence-electron chi connectivity index (χ4n) is 5.07. The predicted octanol–water partition coefficient (Wildman–Crippen LogP) is 9.42. The van der Waals surface area contributed by atoms with Crippen LogP contribution in [0.4, 0.5) is 0 Å². The molecule has 0 saturated carbocycles. The van der Waals surface area contributed by atoms with Crippen molar-refractivity contribution in [1.29, 1.82) is 0 Å². The highest BCUT2D eigenvalue weighted by atomic mass is 31.2. The Bertz CT molecular complexity index is 811. The van der Waals surface area contributed by atoms with Gasteiger partial charge >= 0.3 is 19.8 Å². The molecule has 0 fully saturated rings. The van der Waals surface area contributed by atoms with Gasteiger partial charge in [-0.05, 0) is 38.5 Å². The van der Waals surface area contributed by atoms with Crippen molar-refractivity contribution in [2.24, 2.45) is 5.73 Å². The van der Waals surface area contributed by atoms with E-state index in [1.54, 1.807) is 0 Å². The van der Waals surface area contributed by atoms with Gasteiger partial charge < -0.3 is 25.2 Å². The molecule has 0 rings (SSSR count). The molecule has 3 unspecified atom stereocenters. The minimum atomic E-state index is -4.60. The normalized spacial score (nSPS) is 14.3. The van der Waals surface area contributed by atoms with Gasteiger partial charge in [0, 0.05) is 13.0 Å². The molecule has 0 spiro atoms. The van der Waals surface area contributed by atoms with Crippen LogP contribution in [0.15, 0.2) is 12.2 Å². The smallest absolute Gasteiger partial charge is 0.472 e. The maximum absolute atomic E-state index is 12.5. The standard InChI is InChI=1S/C36H70NO9P/c1-3-5-7-9-11-13-15-16-17-18-19-21-23-25-27-29-43-30-33(31-44-47(41,42)45-32-34(37)36(39)40)46-35(38)28-26-24-22-20-14-12-10-8-6-4-2/h15-16,33-34H,3-14,17-32,37H2,1-2H3,(H,39,40)(H,41,42)/b16-15-. The number of carboxylic acids is 1. The van der Waals surface area contributed by atoms with E-state index in [9.17, 15) is 19.0 Å². The molecule has 11 heteroatoms. The van der Waals surface area contributed by atoms with Gasteiger partial charge in [-0.3, -0.25) is 18.6 Å². The molecule has 0 aliphatic rings. The van der Waals surface area contributed by atoms with Crippen molar-refractivity contribution in [2.45, 2.75) is 180 Å². The molecule has 0 bridgehead atoms. The Balaban J connectivity index is 4.29. The zero-order valence-corrected chi connectivity index (χ0v) is 30.8. The van der Waals surface area contributed by atoms with Crippen molar-refractivity contribution >= 4 is 19.8 Å². The molecule has 0 aliphatic heterocycles. The summed E-state index contributed by atoms with van der Waals surface area (Å²) in [6.45, 7) is 3.84. The van der Waals surface area contributed by atoms with Crippen LogP contribution in [0, 0.1) is 0 Å². The molecule has 0 saturated heterocycles. The molecule has 0 aliphatic carbocycles. The number of rotatable bonds is 36. The topological polar surface area (TPSA) is 155 Å². The first-order valence-electron chi connectivity index (χ1n) is 18.7. The van der Waals surface area contributed by atoms with E-state index in [1.807, 2.05) is 0 Å². The van der Waals surface area contributed by atoms with Gasteiger partial charge in [-0.1, -0.05) is 135 Å². The first-order valence-corrected chi connectivity index (χ1v) is 20.2. The van der Waals surface area contributed by atoms with Gasteiger partial charge in [0.25, 0.3) is 0 Å². The van der Waals surface area contributed by atoms with E-state index >= 15 is 0 Å². The second-order valence-corrected chi connectivity index (χ2v) is 14.2. The summed E-state index contributed by atoms with van der Waals surface area (Å²) >= 11 is 0. The monoisotopic (exact) mass is 691 g/mol. The average molecular weight is 692 g/mol. The van der Waals surface area contributed by atoms with Crippen LogP contribution >= 0.6 is 7.82 Å². The summed E-state index contributed by atoms with van der Waals surface area (Å²) in [7, 11) is -4.60. The van der Waals surface area contributed by atoms with Gasteiger partial charge in [-0.2, -0.15) is 0 Å². The number of aliphatic carboxylic acids is 1. The van der Waals surface area contributed by atoms with Crippen molar-refractivity contribution in [3.63, 3.8) is 0 Å². The number of nitrogens with two attached hydrogens (primary N) is 1. The van der Waals surface area contributed by atoms with E-state index in [0.717, 1.165) is 38.5 Å². The lowest BCUT2D eigenvalue weighted by Gasteiger charge is -2.20. The van der Waals surface area contributed by atoms with Gasteiger partial charge in [0.2, 0.25) is 0 Å². The van der Waals surface area contributed by atoms with Crippen molar-refractivity contribution in [2.75, 3.05) is 26.4 Å². The Kier molecular flexibility index (Phi) is 32.3. The number of hydrogen-bond donors (Lipinski definition) is 3. The SMILES string of the molecule is CCCCCCC/C=C\CCCCCCCCOCC(COP(=O)(O)OCC(N)C(=O)O)OC(=O)CCCCCCCCCCCC. The molecule has 0 radical (unpaired) electrons. The molecule has 0 aromatic carbocycles. The minimum Gasteiger partial charge on any atom is -0.480 e. The fourth-order valence-corrected chi connectivity index (χ4v) is 5.85. The zero-order valence-electron chi connectivity index (χ0n) is 29.9. The Morgan fingerprint density at radius 3 is 1.62 bits per heavy atom. The molecular weight excluding hydrogens is 621 g/mol. The van der Waals surface area contributed by atoms with Crippen LogP contribution in [0.3, 0.4) is 0 Å². The molecule has 278 valence electrons. The summed E-state index contributed by atoms with van der Waals surface area (Å²) in [5.41, 5.74) is 5.33. The minimum absolute atomic E-state index is 0.0172. The van der Waals surface area contributed by atoms with Crippen LogP contribution in [0.2, 0.25) is 0 Å². The number of carbonyl (C=O) groups is 2. The molecule has 47 heavy (non-hydrogen) atoms. The van der Waals surface area contributed by atoms with Crippen molar-refractivity contribution in [3.05, 3.63) is 12.2 Å². The molecule has 0 amide bonds. The summed E-state index contributed by atoms with van der Waals surface area (Å²) < 4.78 is 33.1. The summed E-state index contributed by atoms with van der Waals surface area (Å²) in [6.07, 6.45) is 31.2. The summed E-state index contributed by atoms with van der Waals surface area (Å²) in [4.78, 5) is 33.3. The summed E-state index contributed by atoms with van der Waals surface area (Å²) in [6, 6.07) is -1.47. The first kappa shape index (κ1) is 45.7. The van der Waals surface area contributed by atoms with Gasteiger partial charge in [-0.15, -0.1) is 0 Å². The molecule has 0 aromatic rings. The molecule has 4 N–H and O–H groups in total. The molecule has 3 atom stereocenters. The van der Waals surface area contributed by atoms with E-state index in [0.29, 0.717) is 13.0 Å². The maximum atomic E-state index is 12.5. The highest BCUT2D eigenvalue weighted by molar-refractivity contribution is 7.47. The van der Waals surface area contributed by atoms with Crippen molar-refractivity contribution in [3.8, 4) is 0 Å². The third-order valence-electron chi connectivity index (χ3n) is 8.04. The fraction of sp³-hybridized carbons (Fsp3) is 0.889. The van der Waals surface area contributed by atoms with Gasteiger partial charge in [0.15, 0.2) is 0 Å². The van der Waals surface area contributed by atoms with Crippen LogP contribution in [0.25, 0.3) is 0 Å². The Morgan fingerprint density at radius 2 is 1.11 bits per heavy atom. The largest absolute Gasteiger partial charge is 0.480 e. The van der Waals surface area contributed by atoms with E-state index in [2.05, 4.69) is 30.5 Å². The van der Waals surface area contributed by atoms with Crippen LogP contribution in [0.5, 0.6) is 0 Å². The Hall–Kier alpha value is -1.29. The third-order valence-corrected chi connectivity index (χ3v) is 9.00. The Morgan fingerprint density at radius 1 is 0.660 bits per heavy atom. The number of carbonyl (C=O) groups excluding carboxylic acids is 1. The van der Waals surface area contributed by atoms with Crippen LogP contribution in [-0.2, 0) is 32.7 Å². The lowest BCUT2D eigenvalue weighted by atomic mass is 10.1. The number of phosphoric acid groups is 1. The van der Waals surface area contributed by atoms with Crippen molar-refractivity contribution < 1.29 is 42.7 Å². The lowest BCUT2D eigenvalue weighted by molar-refractivity contribution is -0.154. The van der Waals surface area contributed by atoms with E-state index in [1.165, 1.54) is 103 Å². The van der Waals surface area contributed by atoms with Gasteiger partial charge in [0.05, 0.1) is 19.8 Å². The number of hydrogen-bond acceptors (Lipinski definition) is 8. The lowest BCUT2D eigenvalue weighted by Crippen LogP contribution is -2.34. The predicted molar refractivity (Wildman–Crippen MR) is 189 cm³/mol. The molecule has 0 aromatic heterocycles. The number of ether oxygens (including phenoxy) is 2. The van der Waals surface area contributed by atoms with Crippen LogP contribution in [-0.4, -0.2) is 60.5 Å². The maximum Gasteiger partial charge on any atom is 0.472 e. The number of carboxylic acid groups (broad SMARTS) is 1. The highest BCUT2D eigenvalue weighted by Gasteiger charge is 2.27. The van der Waals surface area contributed by atoms with Crippen molar-refractivity contribution in [1.82, 2.24) is 0 Å². The van der Waals surface area contributed by atoms with E-state index < -0.39 is 45.1 Å². The number of allylic oxidation sites excluding steroid dienone is 2. The summed E-state index contributed by atoms with van der Waals surface area (Å²) in [5, 5.41) is 8.85. The molecule has 10 nitrogen and oxygen atoms in total. The van der Waals surface area contributed by atoms with Crippen LogP contribution in [0.1, 0.15) is 168 Å². The number of unbranched alkanes of at least 4 members (excludes halogenated alkanes) is 20. The summed E-state index contributed by atoms with van der Waals surface area (Å²) in [5.74, 6) is -1.78. The van der Waals surface area contributed by atoms with Gasteiger partial charge in [0.1, 0.15) is 12.1 Å². The highest BCUT2D eigenvalue weighted by Crippen LogP contribution is 2.43. The average Bonchev–Trinajstić information content (AvgIpc) is 3.04. The first-order chi connectivity index (χ1) is 22.7. The second-order valence-electron chi connectivity index (χ2n) is 12.7. The molecular formula is C36H70NO9P.